The highest BCUT2D eigenvalue weighted by molar-refractivity contribution is 5.95. The van der Waals surface area contributed by atoms with Crippen molar-refractivity contribution in [2.45, 2.75) is 32.7 Å². The molecule has 0 bridgehead atoms. The van der Waals surface area contributed by atoms with E-state index >= 15 is 0 Å². The number of benzene rings is 1. The second-order valence-corrected chi connectivity index (χ2v) is 5.10. The van der Waals surface area contributed by atoms with Crippen molar-refractivity contribution in [3.8, 4) is 11.3 Å². The van der Waals surface area contributed by atoms with Crippen LogP contribution in [0.25, 0.3) is 11.3 Å². The lowest BCUT2D eigenvalue weighted by atomic mass is 10.1. The van der Waals surface area contributed by atoms with E-state index in [1.165, 1.54) is 6.07 Å². The molecule has 1 atom stereocenters. The minimum atomic E-state index is -1.06. The molecule has 0 aliphatic carbocycles. The number of hydrogen-bond acceptors (Lipinski definition) is 4. The summed E-state index contributed by atoms with van der Waals surface area (Å²) in [6.45, 7) is 3.83. The fourth-order valence-corrected chi connectivity index (χ4v) is 2.02. The first kappa shape index (κ1) is 15.8. The van der Waals surface area contributed by atoms with Crippen LogP contribution in [0.1, 0.15) is 35.9 Å². The molecule has 0 spiro atoms. The Morgan fingerprint density at radius 3 is 2.59 bits per heavy atom. The van der Waals surface area contributed by atoms with Crippen LogP contribution in [0.3, 0.4) is 0 Å². The normalized spacial score (nSPS) is 11.9. The van der Waals surface area contributed by atoms with Gasteiger partial charge in [0.15, 0.2) is 0 Å². The average Bonchev–Trinajstić information content (AvgIpc) is 2.97. The van der Waals surface area contributed by atoms with Gasteiger partial charge in [-0.3, -0.25) is 4.79 Å². The molecule has 0 aliphatic heterocycles. The van der Waals surface area contributed by atoms with Crippen molar-refractivity contribution in [2.24, 2.45) is 0 Å². The smallest absolute Gasteiger partial charge is 0.326 e. The summed E-state index contributed by atoms with van der Waals surface area (Å²) in [5, 5.41) is 15.3. The topological polar surface area (TPSA) is 92.4 Å². The summed E-state index contributed by atoms with van der Waals surface area (Å²) in [5.41, 5.74) is 2.48. The molecule has 116 valence electrons. The molecule has 6 heteroatoms. The molecule has 2 rings (SSSR count). The number of aliphatic carboxylic acids is 1. The molecule has 1 aromatic carbocycles. The standard InChI is InChI=1S/C16H18N2O4/c1-3-4-12(16(20)21)17-15(19)14-9-13(18-22-14)11-7-5-10(2)6-8-11/h5-9,12H,3-4H2,1-2H3,(H,17,19)(H,20,21). The molecule has 0 aliphatic rings. The molecule has 22 heavy (non-hydrogen) atoms. The van der Waals surface area contributed by atoms with Gasteiger partial charge in [0, 0.05) is 11.6 Å². The molecule has 0 radical (unpaired) electrons. The molecule has 1 heterocycles. The fraction of sp³-hybridized carbons (Fsp3) is 0.312. The van der Waals surface area contributed by atoms with Gasteiger partial charge in [-0.05, 0) is 13.3 Å². The molecule has 0 saturated carbocycles. The summed E-state index contributed by atoms with van der Waals surface area (Å²) in [4.78, 5) is 23.1. The van der Waals surface area contributed by atoms with Gasteiger partial charge in [-0.2, -0.15) is 0 Å². The van der Waals surface area contributed by atoms with Crippen molar-refractivity contribution in [2.75, 3.05) is 0 Å². The highest BCUT2D eigenvalue weighted by Gasteiger charge is 2.22. The van der Waals surface area contributed by atoms with Crippen LogP contribution in [0.4, 0.5) is 0 Å². The third kappa shape index (κ3) is 3.72. The van der Waals surface area contributed by atoms with Crippen LogP contribution in [0.15, 0.2) is 34.9 Å². The van der Waals surface area contributed by atoms with Gasteiger partial charge in [0.05, 0.1) is 0 Å². The van der Waals surface area contributed by atoms with Gasteiger partial charge in [-0.15, -0.1) is 0 Å². The molecule has 1 unspecified atom stereocenters. The Labute approximate surface area is 128 Å². The number of carbonyl (C=O) groups excluding carboxylic acids is 1. The Balaban J connectivity index is 2.11. The Hall–Kier alpha value is -2.63. The second-order valence-electron chi connectivity index (χ2n) is 5.10. The van der Waals surface area contributed by atoms with E-state index in [2.05, 4.69) is 10.5 Å². The van der Waals surface area contributed by atoms with E-state index in [4.69, 9.17) is 9.63 Å². The first-order chi connectivity index (χ1) is 10.5. The zero-order valence-electron chi connectivity index (χ0n) is 12.5. The second kappa shape index (κ2) is 6.89. The van der Waals surface area contributed by atoms with Crippen molar-refractivity contribution >= 4 is 11.9 Å². The molecule has 2 N–H and O–H groups in total. The van der Waals surface area contributed by atoms with Gasteiger partial charge in [-0.1, -0.05) is 48.3 Å². The number of carbonyl (C=O) groups is 2. The van der Waals surface area contributed by atoms with Gasteiger partial charge < -0.3 is 14.9 Å². The lowest BCUT2D eigenvalue weighted by molar-refractivity contribution is -0.139. The molecule has 0 fully saturated rings. The van der Waals surface area contributed by atoms with E-state index in [9.17, 15) is 9.59 Å². The van der Waals surface area contributed by atoms with Crippen molar-refractivity contribution in [3.05, 3.63) is 41.7 Å². The number of hydrogen-bond donors (Lipinski definition) is 2. The van der Waals surface area contributed by atoms with Gasteiger partial charge in [0.1, 0.15) is 11.7 Å². The van der Waals surface area contributed by atoms with Crippen molar-refractivity contribution in [1.29, 1.82) is 0 Å². The maximum Gasteiger partial charge on any atom is 0.326 e. The number of nitrogens with one attached hydrogen (secondary N) is 1. The van der Waals surface area contributed by atoms with Crippen LogP contribution in [0, 0.1) is 6.92 Å². The van der Waals surface area contributed by atoms with E-state index < -0.39 is 17.9 Å². The van der Waals surface area contributed by atoms with Crippen LogP contribution in [0.5, 0.6) is 0 Å². The Morgan fingerprint density at radius 2 is 2.00 bits per heavy atom. The predicted octanol–water partition coefficient (Wildman–Crippen LogP) is 2.63. The molecular formula is C16H18N2O4. The molecular weight excluding hydrogens is 284 g/mol. The Kier molecular flexibility index (Phi) is 4.93. The molecule has 1 amide bonds. The van der Waals surface area contributed by atoms with Gasteiger partial charge in [0.25, 0.3) is 5.91 Å². The number of rotatable bonds is 6. The number of amides is 1. The highest BCUT2D eigenvalue weighted by Crippen LogP contribution is 2.19. The SMILES string of the molecule is CCCC(NC(=O)c1cc(-c2ccc(C)cc2)no1)C(=O)O. The first-order valence-electron chi connectivity index (χ1n) is 7.08. The van der Waals surface area contributed by atoms with Crippen LogP contribution in [-0.4, -0.2) is 28.2 Å². The summed E-state index contributed by atoms with van der Waals surface area (Å²) in [7, 11) is 0. The lowest BCUT2D eigenvalue weighted by Gasteiger charge is -2.11. The van der Waals surface area contributed by atoms with Gasteiger partial charge in [0.2, 0.25) is 5.76 Å². The molecule has 1 aromatic heterocycles. The summed E-state index contributed by atoms with van der Waals surface area (Å²) in [5.74, 6) is -1.64. The average molecular weight is 302 g/mol. The molecule has 0 saturated heterocycles. The third-order valence-electron chi connectivity index (χ3n) is 3.26. The number of nitrogens with zero attached hydrogens (tertiary/aromatic N) is 1. The van der Waals surface area contributed by atoms with Crippen molar-refractivity contribution in [3.63, 3.8) is 0 Å². The van der Waals surface area contributed by atoms with Crippen LogP contribution in [0.2, 0.25) is 0 Å². The predicted molar refractivity (Wildman–Crippen MR) is 80.5 cm³/mol. The lowest BCUT2D eigenvalue weighted by Crippen LogP contribution is -2.40. The Bertz CT molecular complexity index is 661. The minimum absolute atomic E-state index is 0.00192. The summed E-state index contributed by atoms with van der Waals surface area (Å²) >= 11 is 0. The molecule has 2 aromatic rings. The van der Waals surface area contributed by atoms with Crippen molar-refractivity contribution in [1.82, 2.24) is 10.5 Å². The number of aryl methyl sites for hydroxylation is 1. The Morgan fingerprint density at radius 1 is 1.32 bits per heavy atom. The van der Waals surface area contributed by atoms with Crippen LogP contribution >= 0.6 is 0 Å². The van der Waals surface area contributed by atoms with E-state index in [-0.39, 0.29) is 5.76 Å². The molecule has 6 nitrogen and oxygen atoms in total. The third-order valence-corrected chi connectivity index (χ3v) is 3.26. The maximum atomic E-state index is 12.0. The quantitative estimate of drug-likeness (QED) is 0.855. The van der Waals surface area contributed by atoms with E-state index in [0.29, 0.717) is 18.5 Å². The summed E-state index contributed by atoms with van der Waals surface area (Å²) < 4.78 is 5.01. The monoisotopic (exact) mass is 302 g/mol. The highest BCUT2D eigenvalue weighted by atomic mass is 16.5. The summed E-state index contributed by atoms with van der Waals surface area (Å²) in [6.07, 6.45) is 1.02. The van der Waals surface area contributed by atoms with E-state index in [1.54, 1.807) is 0 Å². The van der Waals surface area contributed by atoms with Crippen LogP contribution < -0.4 is 5.32 Å². The van der Waals surface area contributed by atoms with E-state index in [1.807, 2.05) is 38.1 Å². The zero-order chi connectivity index (χ0) is 16.1. The first-order valence-corrected chi connectivity index (χ1v) is 7.08. The van der Waals surface area contributed by atoms with Crippen molar-refractivity contribution < 1.29 is 19.2 Å². The number of carboxylic acid groups (broad SMARTS) is 1. The largest absolute Gasteiger partial charge is 0.480 e. The maximum absolute atomic E-state index is 12.0. The number of aromatic nitrogens is 1. The van der Waals surface area contributed by atoms with Crippen LogP contribution in [-0.2, 0) is 4.79 Å². The number of carboxylic acids is 1. The summed E-state index contributed by atoms with van der Waals surface area (Å²) in [6, 6.07) is 8.21. The zero-order valence-corrected chi connectivity index (χ0v) is 12.5. The minimum Gasteiger partial charge on any atom is -0.480 e. The van der Waals surface area contributed by atoms with E-state index in [0.717, 1.165) is 11.1 Å². The fourth-order valence-electron chi connectivity index (χ4n) is 2.02. The van der Waals surface area contributed by atoms with Gasteiger partial charge in [-0.25, -0.2) is 4.79 Å². The van der Waals surface area contributed by atoms with Gasteiger partial charge >= 0.3 is 5.97 Å².